The largest absolute Gasteiger partial charge is 0.388 e. The van der Waals surface area contributed by atoms with Gasteiger partial charge in [-0.3, -0.25) is 9.88 Å². The number of thiophene rings is 1. The van der Waals surface area contributed by atoms with Crippen LogP contribution in [-0.2, 0) is 11.3 Å². The molecule has 3 heterocycles. The third kappa shape index (κ3) is 3.89. The van der Waals surface area contributed by atoms with Crippen molar-refractivity contribution in [3.05, 3.63) is 52.5 Å². The average molecular weight is 304 g/mol. The first kappa shape index (κ1) is 14.7. The molecule has 0 aromatic carbocycles. The first-order valence-electron chi connectivity index (χ1n) is 7.25. The van der Waals surface area contributed by atoms with Crippen LogP contribution in [0, 0.1) is 0 Å². The van der Waals surface area contributed by atoms with E-state index in [0.29, 0.717) is 13.0 Å². The maximum atomic E-state index is 10.4. The molecule has 112 valence electrons. The first-order chi connectivity index (χ1) is 10.3. The number of aliphatic hydroxyl groups is 1. The molecule has 0 bridgehead atoms. The van der Waals surface area contributed by atoms with Gasteiger partial charge >= 0.3 is 0 Å². The molecule has 0 saturated carbocycles. The highest BCUT2D eigenvalue weighted by molar-refractivity contribution is 7.10. The van der Waals surface area contributed by atoms with Crippen molar-refractivity contribution in [1.82, 2.24) is 9.88 Å². The van der Waals surface area contributed by atoms with Gasteiger partial charge in [-0.05, 0) is 35.6 Å². The Morgan fingerprint density at radius 3 is 3.00 bits per heavy atom. The van der Waals surface area contributed by atoms with Crippen molar-refractivity contribution in [2.24, 2.45) is 0 Å². The molecule has 2 unspecified atom stereocenters. The van der Waals surface area contributed by atoms with E-state index in [9.17, 15) is 5.11 Å². The van der Waals surface area contributed by atoms with Crippen molar-refractivity contribution in [1.29, 1.82) is 0 Å². The van der Waals surface area contributed by atoms with E-state index in [1.165, 1.54) is 5.56 Å². The monoisotopic (exact) mass is 304 g/mol. The zero-order valence-electron chi connectivity index (χ0n) is 11.9. The number of pyridine rings is 1. The minimum atomic E-state index is -0.406. The third-order valence-corrected chi connectivity index (χ3v) is 4.82. The van der Waals surface area contributed by atoms with Crippen LogP contribution in [0.25, 0.3) is 0 Å². The molecular formula is C16H20N2O2S. The second kappa shape index (κ2) is 7.13. The van der Waals surface area contributed by atoms with Crippen LogP contribution in [-0.4, -0.2) is 40.8 Å². The summed E-state index contributed by atoms with van der Waals surface area (Å²) in [4.78, 5) is 7.49. The summed E-state index contributed by atoms with van der Waals surface area (Å²) in [6, 6.07) is 8.32. The molecule has 21 heavy (non-hydrogen) atoms. The van der Waals surface area contributed by atoms with E-state index in [1.54, 1.807) is 11.3 Å². The zero-order chi connectivity index (χ0) is 14.5. The minimum Gasteiger partial charge on any atom is -0.388 e. The number of aromatic nitrogens is 1. The lowest BCUT2D eigenvalue weighted by molar-refractivity contribution is -0.0296. The Morgan fingerprint density at radius 2 is 2.24 bits per heavy atom. The summed E-state index contributed by atoms with van der Waals surface area (Å²) in [5, 5.41) is 12.4. The maximum absolute atomic E-state index is 10.4. The van der Waals surface area contributed by atoms with Gasteiger partial charge in [0.05, 0.1) is 19.3 Å². The van der Waals surface area contributed by atoms with Crippen LogP contribution < -0.4 is 0 Å². The van der Waals surface area contributed by atoms with Gasteiger partial charge in [0.1, 0.15) is 0 Å². The Hall–Kier alpha value is -1.27. The van der Waals surface area contributed by atoms with Gasteiger partial charge in [-0.15, -0.1) is 11.3 Å². The van der Waals surface area contributed by atoms with Gasteiger partial charge in [0.2, 0.25) is 0 Å². The zero-order valence-corrected chi connectivity index (χ0v) is 12.7. The van der Waals surface area contributed by atoms with Crippen molar-refractivity contribution in [2.45, 2.75) is 25.1 Å². The number of hydrogen-bond acceptors (Lipinski definition) is 5. The van der Waals surface area contributed by atoms with E-state index >= 15 is 0 Å². The van der Waals surface area contributed by atoms with Gasteiger partial charge in [0.25, 0.3) is 0 Å². The molecule has 0 amide bonds. The summed E-state index contributed by atoms with van der Waals surface area (Å²) in [7, 11) is 0. The molecule has 1 N–H and O–H groups in total. The van der Waals surface area contributed by atoms with Crippen molar-refractivity contribution in [3.63, 3.8) is 0 Å². The van der Waals surface area contributed by atoms with Crippen molar-refractivity contribution < 1.29 is 9.84 Å². The second-order valence-corrected chi connectivity index (χ2v) is 6.30. The summed E-state index contributed by atoms with van der Waals surface area (Å²) in [6.45, 7) is 3.24. The standard InChI is InChI=1S/C16H20N2O2S/c19-15(16-2-1-9-21-16)10-14-12-20-8-7-18(14)11-13-3-5-17-6-4-13/h1-6,9,14-15,19H,7-8,10-12H2. The van der Waals surface area contributed by atoms with E-state index < -0.39 is 6.10 Å². The SMILES string of the molecule is OC(CC1COCCN1Cc1ccncc1)c1cccs1. The number of nitrogens with zero attached hydrogens (tertiary/aromatic N) is 2. The normalized spacial score (nSPS) is 21.3. The number of rotatable bonds is 5. The number of hydrogen-bond donors (Lipinski definition) is 1. The fourth-order valence-corrected chi connectivity index (χ4v) is 3.42. The highest BCUT2D eigenvalue weighted by Crippen LogP contribution is 2.26. The van der Waals surface area contributed by atoms with Crippen molar-refractivity contribution in [2.75, 3.05) is 19.8 Å². The van der Waals surface area contributed by atoms with Gasteiger partial charge in [-0.2, -0.15) is 0 Å². The van der Waals surface area contributed by atoms with Crippen LogP contribution in [0.1, 0.15) is 23.0 Å². The molecule has 2 aromatic rings. The summed E-state index contributed by atoms with van der Waals surface area (Å²) in [5.74, 6) is 0. The topological polar surface area (TPSA) is 45.6 Å². The molecule has 2 aromatic heterocycles. The van der Waals surface area contributed by atoms with Crippen molar-refractivity contribution in [3.8, 4) is 0 Å². The molecule has 0 radical (unpaired) electrons. The lowest BCUT2D eigenvalue weighted by Gasteiger charge is -2.36. The van der Waals surface area contributed by atoms with Gasteiger partial charge in [-0.1, -0.05) is 6.07 Å². The van der Waals surface area contributed by atoms with E-state index in [2.05, 4.69) is 9.88 Å². The molecule has 2 atom stereocenters. The third-order valence-electron chi connectivity index (χ3n) is 3.85. The van der Waals surface area contributed by atoms with Crippen LogP contribution in [0.5, 0.6) is 0 Å². The second-order valence-electron chi connectivity index (χ2n) is 5.32. The van der Waals surface area contributed by atoms with Gasteiger partial charge in [0.15, 0.2) is 0 Å². The van der Waals surface area contributed by atoms with Crippen LogP contribution >= 0.6 is 11.3 Å². The van der Waals surface area contributed by atoms with Gasteiger partial charge in [0, 0.05) is 36.4 Å². The maximum Gasteiger partial charge on any atom is 0.0897 e. The molecule has 1 saturated heterocycles. The van der Waals surface area contributed by atoms with E-state index in [-0.39, 0.29) is 6.04 Å². The van der Waals surface area contributed by atoms with Crippen LogP contribution in [0.15, 0.2) is 42.0 Å². The van der Waals surface area contributed by atoms with E-state index in [4.69, 9.17) is 4.74 Å². The first-order valence-corrected chi connectivity index (χ1v) is 8.13. The molecule has 3 rings (SSSR count). The molecular weight excluding hydrogens is 284 g/mol. The Morgan fingerprint density at radius 1 is 1.38 bits per heavy atom. The lowest BCUT2D eigenvalue weighted by Crippen LogP contribution is -2.45. The number of morpholine rings is 1. The molecule has 5 heteroatoms. The van der Waals surface area contributed by atoms with Crippen LogP contribution in [0.3, 0.4) is 0 Å². The molecule has 1 aliphatic heterocycles. The van der Waals surface area contributed by atoms with Gasteiger partial charge in [-0.25, -0.2) is 0 Å². The van der Waals surface area contributed by atoms with Crippen LogP contribution in [0.2, 0.25) is 0 Å². The predicted molar refractivity (Wildman–Crippen MR) is 83.1 cm³/mol. The van der Waals surface area contributed by atoms with E-state index in [0.717, 1.165) is 24.6 Å². The predicted octanol–water partition coefficient (Wildman–Crippen LogP) is 2.47. The molecule has 0 spiro atoms. The minimum absolute atomic E-state index is 0.254. The van der Waals surface area contributed by atoms with Crippen molar-refractivity contribution >= 4 is 11.3 Å². The van der Waals surface area contributed by atoms with E-state index in [1.807, 2.05) is 42.0 Å². The molecule has 0 aliphatic carbocycles. The number of aliphatic hydroxyl groups excluding tert-OH is 1. The summed E-state index contributed by atoms with van der Waals surface area (Å²) < 4.78 is 5.61. The van der Waals surface area contributed by atoms with Crippen LogP contribution in [0.4, 0.5) is 0 Å². The summed E-state index contributed by atoms with van der Waals surface area (Å²) in [5.41, 5.74) is 1.25. The smallest absolute Gasteiger partial charge is 0.0897 e. The Balaban J connectivity index is 1.64. The molecule has 1 aliphatic rings. The number of ether oxygens (including phenoxy) is 1. The fourth-order valence-electron chi connectivity index (χ4n) is 2.69. The highest BCUT2D eigenvalue weighted by atomic mass is 32.1. The molecule has 1 fully saturated rings. The quantitative estimate of drug-likeness (QED) is 0.922. The Labute approximate surface area is 129 Å². The average Bonchev–Trinajstić information content (AvgIpc) is 3.05. The highest BCUT2D eigenvalue weighted by Gasteiger charge is 2.26. The molecule has 4 nitrogen and oxygen atoms in total. The summed E-state index contributed by atoms with van der Waals surface area (Å²) >= 11 is 1.61. The fraction of sp³-hybridized carbons (Fsp3) is 0.438. The Bertz CT molecular complexity index is 532. The Kier molecular flexibility index (Phi) is 4.98. The lowest BCUT2D eigenvalue weighted by atomic mass is 10.1. The van der Waals surface area contributed by atoms with Gasteiger partial charge < -0.3 is 9.84 Å². The summed E-state index contributed by atoms with van der Waals surface area (Å²) in [6.07, 6.45) is 3.96.